The highest BCUT2D eigenvalue weighted by atomic mass is 32.1. The predicted molar refractivity (Wildman–Crippen MR) is 91.1 cm³/mol. The standard InChI is InChI=1S/C16H14O8S2/c17-11(5-9-1-3-25-7-9)23-13(15(19)20)14(16(21)22)24-12(18)6-10-2-4-26-8-10/h1-4,7-8,13-14H,5-6H2,(H,19,20)(H,21,22)/t13-,14-/m1/s1. The normalized spacial score (nSPS) is 12.8. The maximum Gasteiger partial charge on any atom is 0.349 e. The number of esters is 2. The van der Waals surface area contributed by atoms with E-state index in [0.29, 0.717) is 11.1 Å². The van der Waals surface area contributed by atoms with E-state index in [4.69, 9.17) is 9.47 Å². The zero-order valence-electron chi connectivity index (χ0n) is 13.2. The summed E-state index contributed by atoms with van der Waals surface area (Å²) in [5.41, 5.74) is 1.20. The predicted octanol–water partition coefficient (Wildman–Crippen LogP) is 1.59. The van der Waals surface area contributed by atoms with E-state index in [0.717, 1.165) is 0 Å². The van der Waals surface area contributed by atoms with Crippen molar-refractivity contribution in [3.8, 4) is 0 Å². The number of rotatable bonds is 9. The number of carboxylic acid groups (broad SMARTS) is 2. The Hall–Kier alpha value is -2.72. The molecule has 2 rings (SSSR count). The van der Waals surface area contributed by atoms with Crippen LogP contribution in [0.5, 0.6) is 0 Å². The molecule has 2 aromatic heterocycles. The van der Waals surface area contributed by atoms with Crippen molar-refractivity contribution in [3.05, 3.63) is 44.8 Å². The molecule has 0 aliphatic carbocycles. The number of aliphatic carboxylic acids is 2. The number of carboxylic acids is 2. The van der Waals surface area contributed by atoms with Crippen molar-refractivity contribution in [2.24, 2.45) is 0 Å². The van der Waals surface area contributed by atoms with Crippen molar-refractivity contribution < 1.29 is 38.9 Å². The summed E-state index contributed by atoms with van der Waals surface area (Å²) in [4.78, 5) is 46.5. The van der Waals surface area contributed by atoms with Gasteiger partial charge >= 0.3 is 23.9 Å². The Bertz CT molecular complexity index is 700. The molecule has 0 aromatic carbocycles. The Morgan fingerprint density at radius 3 is 1.46 bits per heavy atom. The topological polar surface area (TPSA) is 127 Å². The van der Waals surface area contributed by atoms with E-state index < -0.39 is 36.1 Å². The summed E-state index contributed by atoms with van der Waals surface area (Å²) in [7, 11) is 0. The fraction of sp³-hybridized carbons (Fsp3) is 0.250. The first-order chi connectivity index (χ1) is 12.4. The summed E-state index contributed by atoms with van der Waals surface area (Å²) in [5.74, 6) is -5.31. The van der Waals surface area contributed by atoms with Gasteiger partial charge in [0, 0.05) is 0 Å². The molecule has 138 valence electrons. The third-order valence-corrected chi connectivity index (χ3v) is 4.60. The van der Waals surface area contributed by atoms with E-state index >= 15 is 0 Å². The van der Waals surface area contributed by atoms with E-state index in [1.165, 1.54) is 22.7 Å². The summed E-state index contributed by atoms with van der Waals surface area (Å²) < 4.78 is 9.51. The quantitative estimate of drug-likeness (QED) is 0.610. The van der Waals surface area contributed by atoms with Crippen LogP contribution in [0, 0.1) is 0 Å². The molecule has 26 heavy (non-hydrogen) atoms. The van der Waals surface area contributed by atoms with Crippen LogP contribution < -0.4 is 0 Å². The van der Waals surface area contributed by atoms with Crippen LogP contribution in [0.2, 0.25) is 0 Å². The van der Waals surface area contributed by atoms with Crippen LogP contribution >= 0.6 is 22.7 Å². The third-order valence-electron chi connectivity index (χ3n) is 3.14. The van der Waals surface area contributed by atoms with E-state index in [9.17, 15) is 29.4 Å². The molecule has 0 saturated heterocycles. The van der Waals surface area contributed by atoms with E-state index in [1.54, 1.807) is 33.7 Å². The molecule has 0 aliphatic heterocycles. The van der Waals surface area contributed by atoms with E-state index in [2.05, 4.69) is 0 Å². The van der Waals surface area contributed by atoms with E-state index in [-0.39, 0.29) is 12.8 Å². The highest BCUT2D eigenvalue weighted by molar-refractivity contribution is 7.08. The Labute approximate surface area is 155 Å². The van der Waals surface area contributed by atoms with Crippen LogP contribution in [-0.4, -0.2) is 46.3 Å². The van der Waals surface area contributed by atoms with Crippen LogP contribution in [0.15, 0.2) is 33.7 Å². The molecule has 10 heteroatoms. The van der Waals surface area contributed by atoms with Gasteiger partial charge in [-0.3, -0.25) is 9.59 Å². The van der Waals surface area contributed by atoms with Gasteiger partial charge in [-0.2, -0.15) is 22.7 Å². The molecule has 0 radical (unpaired) electrons. The summed E-state index contributed by atoms with van der Waals surface area (Å²) in [6.07, 6.45) is -4.74. The molecule has 0 spiro atoms. The minimum Gasteiger partial charge on any atom is -0.478 e. The number of thiophene rings is 2. The van der Waals surface area contributed by atoms with Gasteiger partial charge in [0.1, 0.15) is 0 Å². The molecule has 0 amide bonds. The van der Waals surface area contributed by atoms with Crippen LogP contribution in [0.4, 0.5) is 0 Å². The van der Waals surface area contributed by atoms with Gasteiger partial charge in [-0.1, -0.05) is 0 Å². The van der Waals surface area contributed by atoms with Crippen LogP contribution in [0.25, 0.3) is 0 Å². The second-order valence-electron chi connectivity index (χ2n) is 5.11. The Kier molecular flexibility index (Phi) is 6.87. The van der Waals surface area contributed by atoms with Crippen molar-refractivity contribution in [2.75, 3.05) is 0 Å². The number of carbonyl (C=O) groups is 4. The Morgan fingerprint density at radius 2 is 1.19 bits per heavy atom. The van der Waals surface area contributed by atoms with Gasteiger partial charge in [0.15, 0.2) is 0 Å². The first kappa shape index (κ1) is 19.6. The smallest absolute Gasteiger partial charge is 0.349 e. The zero-order valence-corrected chi connectivity index (χ0v) is 14.8. The van der Waals surface area contributed by atoms with Crippen molar-refractivity contribution in [1.82, 2.24) is 0 Å². The average Bonchev–Trinajstić information content (AvgIpc) is 3.24. The van der Waals surface area contributed by atoms with Crippen LogP contribution in [0.1, 0.15) is 11.1 Å². The average molecular weight is 398 g/mol. The highest BCUT2D eigenvalue weighted by Gasteiger charge is 2.40. The van der Waals surface area contributed by atoms with Gasteiger partial charge in [-0.15, -0.1) is 0 Å². The largest absolute Gasteiger partial charge is 0.478 e. The lowest BCUT2D eigenvalue weighted by atomic mass is 10.2. The molecule has 0 bridgehead atoms. The lowest BCUT2D eigenvalue weighted by molar-refractivity contribution is -0.187. The molecule has 8 nitrogen and oxygen atoms in total. The Morgan fingerprint density at radius 1 is 0.808 bits per heavy atom. The zero-order chi connectivity index (χ0) is 19.1. The lowest BCUT2D eigenvalue weighted by Gasteiger charge is -2.20. The maximum atomic E-state index is 11.9. The summed E-state index contributed by atoms with van der Waals surface area (Å²) in [6.45, 7) is 0. The van der Waals surface area contributed by atoms with Crippen LogP contribution in [0.3, 0.4) is 0 Å². The lowest BCUT2D eigenvalue weighted by Crippen LogP contribution is -2.46. The van der Waals surface area contributed by atoms with Gasteiger partial charge in [0.25, 0.3) is 0 Å². The molecular formula is C16H14O8S2. The van der Waals surface area contributed by atoms with Crippen molar-refractivity contribution >= 4 is 46.6 Å². The molecule has 2 aromatic rings. The Balaban J connectivity index is 2.04. The monoisotopic (exact) mass is 398 g/mol. The first-order valence-electron chi connectivity index (χ1n) is 7.23. The van der Waals surface area contributed by atoms with Crippen molar-refractivity contribution in [3.63, 3.8) is 0 Å². The van der Waals surface area contributed by atoms with E-state index in [1.807, 2.05) is 0 Å². The first-order valence-corrected chi connectivity index (χ1v) is 9.12. The summed E-state index contributed by atoms with van der Waals surface area (Å²) in [6, 6.07) is 3.30. The fourth-order valence-electron chi connectivity index (χ4n) is 1.97. The number of carbonyl (C=O) groups excluding carboxylic acids is 2. The summed E-state index contributed by atoms with van der Waals surface area (Å²) >= 11 is 2.68. The minimum atomic E-state index is -2.15. The molecule has 2 heterocycles. The molecule has 0 saturated carbocycles. The fourth-order valence-corrected chi connectivity index (χ4v) is 3.31. The molecule has 0 fully saturated rings. The minimum absolute atomic E-state index is 0.220. The molecule has 2 N–H and O–H groups in total. The molecular weight excluding hydrogens is 384 g/mol. The second kappa shape index (κ2) is 9.11. The maximum absolute atomic E-state index is 11.9. The number of hydrogen-bond donors (Lipinski definition) is 2. The van der Waals surface area contributed by atoms with Crippen molar-refractivity contribution in [1.29, 1.82) is 0 Å². The molecule has 2 atom stereocenters. The highest BCUT2D eigenvalue weighted by Crippen LogP contribution is 2.13. The number of hydrogen-bond acceptors (Lipinski definition) is 8. The van der Waals surface area contributed by atoms with Gasteiger partial charge < -0.3 is 19.7 Å². The van der Waals surface area contributed by atoms with Gasteiger partial charge in [-0.05, 0) is 44.8 Å². The number of ether oxygens (including phenoxy) is 2. The molecule has 0 aliphatic rings. The van der Waals surface area contributed by atoms with Gasteiger partial charge in [-0.25, -0.2) is 9.59 Å². The molecule has 0 unspecified atom stereocenters. The second-order valence-corrected chi connectivity index (χ2v) is 6.67. The van der Waals surface area contributed by atoms with Crippen molar-refractivity contribution in [2.45, 2.75) is 25.0 Å². The summed E-state index contributed by atoms with van der Waals surface area (Å²) in [5, 5.41) is 25.2. The van der Waals surface area contributed by atoms with Crippen LogP contribution in [-0.2, 0) is 41.5 Å². The van der Waals surface area contributed by atoms with Gasteiger partial charge in [0.05, 0.1) is 12.8 Å². The van der Waals surface area contributed by atoms with Gasteiger partial charge in [0.2, 0.25) is 12.2 Å². The SMILES string of the molecule is O=C(Cc1ccsc1)O[C@@H](C(=O)O)[C@@H](OC(=O)Cc1ccsc1)C(=O)O. The third kappa shape index (κ3) is 5.67.